The van der Waals surface area contributed by atoms with Crippen LogP contribution in [0.4, 0.5) is 5.69 Å². The number of likely N-dealkylation sites (tertiary alicyclic amines) is 1. The van der Waals surface area contributed by atoms with Gasteiger partial charge < -0.3 is 5.32 Å². The maximum absolute atomic E-state index is 10.4. The Morgan fingerprint density at radius 1 is 1.11 bits per heavy atom. The molecule has 3 rings (SSSR count). The average Bonchev–Trinajstić information content (AvgIpc) is 2.39. The molecular weight excluding hydrogens is 226 g/mol. The fraction of sp³-hybridized carbons (Fsp3) is 0.571. The van der Waals surface area contributed by atoms with Crippen molar-refractivity contribution in [1.82, 2.24) is 10.2 Å². The second kappa shape index (κ2) is 5.16. The second-order valence-corrected chi connectivity index (χ2v) is 5.31. The molecule has 1 aromatic rings. The Labute approximate surface area is 107 Å². The smallest absolute Gasteiger partial charge is 0.108 e. The predicted octanol–water partition coefficient (Wildman–Crippen LogP) is 2.24. The van der Waals surface area contributed by atoms with Gasteiger partial charge in [0.05, 0.1) is 0 Å². The van der Waals surface area contributed by atoms with Crippen LogP contribution >= 0.6 is 0 Å². The first-order valence-corrected chi connectivity index (χ1v) is 6.75. The third-order valence-electron chi connectivity index (χ3n) is 4.20. The van der Waals surface area contributed by atoms with Gasteiger partial charge in [-0.1, -0.05) is 12.1 Å². The van der Waals surface area contributed by atoms with Crippen molar-refractivity contribution in [2.75, 3.05) is 26.2 Å². The summed E-state index contributed by atoms with van der Waals surface area (Å²) in [5.74, 6) is 0.639. The average molecular weight is 245 g/mol. The Morgan fingerprint density at radius 2 is 1.78 bits per heavy atom. The largest absolute Gasteiger partial charge is 0.317 e. The number of nitrogens with zero attached hydrogens (tertiary/aromatic N) is 2. The third kappa shape index (κ3) is 2.31. The van der Waals surface area contributed by atoms with Crippen molar-refractivity contribution in [1.29, 1.82) is 0 Å². The van der Waals surface area contributed by atoms with E-state index in [0.29, 0.717) is 11.6 Å². The van der Waals surface area contributed by atoms with Gasteiger partial charge in [-0.25, -0.2) is 0 Å². The van der Waals surface area contributed by atoms with Gasteiger partial charge in [0.15, 0.2) is 0 Å². The molecule has 2 fully saturated rings. The molecule has 96 valence electrons. The second-order valence-electron chi connectivity index (χ2n) is 5.31. The summed E-state index contributed by atoms with van der Waals surface area (Å²) in [5, 5.41) is 6.34. The van der Waals surface area contributed by atoms with Crippen LogP contribution in [0.1, 0.15) is 24.3 Å². The van der Waals surface area contributed by atoms with Crippen molar-refractivity contribution < 1.29 is 0 Å². The maximum Gasteiger partial charge on any atom is 0.108 e. The highest BCUT2D eigenvalue weighted by Gasteiger charge is 2.33. The number of benzene rings is 1. The standard InChI is InChI=1S/C14H19N3O/c18-16-13-3-1-11(2-4-13)12-9-17(10-12)14-5-7-15-8-6-14/h1-4,12,14-15H,5-10H2. The Bertz CT molecular complexity index is 406. The van der Waals surface area contributed by atoms with Crippen molar-refractivity contribution in [2.45, 2.75) is 24.8 Å². The first-order valence-electron chi connectivity index (χ1n) is 6.75. The van der Waals surface area contributed by atoms with Crippen LogP contribution in [0.5, 0.6) is 0 Å². The van der Waals surface area contributed by atoms with Crippen LogP contribution in [0, 0.1) is 4.91 Å². The van der Waals surface area contributed by atoms with E-state index in [2.05, 4.69) is 15.4 Å². The number of nitroso groups, excluding NO2 is 1. The molecule has 1 N–H and O–H groups in total. The van der Waals surface area contributed by atoms with Crippen molar-refractivity contribution in [2.24, 2.45) is 5.18 Å². The third-order valence-corrected chi connectivity index (χ3v) is 4.20. The van der Waals surface area contributed by atoms with E-state index in [9.17, 15) is 4.91 Å². The zero-order chi connectivity index (χ0) is 12.4. The van der Waals surface area contributed by atoms with Crippen LogP contribution in [0.15, 0.2) is 29.4 Å². The first kappa shape index (κ1) is 11.8. The molecule has 0 aliphatic carbocycles. The van der Waals surface area contributed by atoms with E-state index in [4.69, 9.17) is 0 Å². The highest BCUT2D eigenvalue weighted by atomic mass is 16.3. The van der Waals surface area contributed by atoms with Crippen LogP contribution in [-0.4, -0.2) is 37.1 Å². The first-order chi connectivity index (χ1) is 8.86. The lowest BCUT2D eigenvalue weighted by Crippen LogP contribution is -2.53. The van der Waals surface area contributed by atoms with Crippen LogP contribution < -0.4 is 5.32 Å². The molecule has 0 radical (unpaired) electrons. The molecule has 0 aromatic heterocycles. The molecule has 2 aliphatic rings. The van der Waals surface area contributed by atoms with Gasteiger partial charge in [0, 0.05) is 25.0 Å². The molecule has 4 heteroatoms. The molecule has 0 bridgehead atoms. The van der Waals surface area contributed by atoms with Gasteiger partial charge in [0.2, 0.25) is 0 Å². The van der Waals surface area contributed by atoms with E-state index in [-0.39, 0.29) is 0 Å². The van der Waals surface area contributed by atoms with Gasteiger partial charge in [0.1, 0.15) is 5.69 Å². The summed E-state index contributed by atoms with van der Waals surface area (Å²) in [4.78, 5) is 13.0. The van der Waals surface area contributed by atoms with Gasteiger partial charge in [-0.05, 0) is 48.8 Å². The highest BCUT2D eigenvalue weighted by Crippen LogP contribution is 2.31. The maximum atomic E-state index is 10.4. The van der Waals surface area contributed by atoms with E-state index < -0.39 is 0 Å². The number of hydrogen-bond acceptors (Lipinski definition) is 4. The molecule has 2 aliphatic heterocycles. The van der Waals surface area contributed by atoms with Crippen molar-refractivity contribution in [3.05, 3.63) is 34.7 Å². The fourth-order valence-corrected chi connectivity index (χ4v) is 3.00. The normalized spacial score (nSPS) is 22.7. The summed E-state index contributed by atoms with van der Waals surface area (Å²) < 4.78 is 0. The molecule has 0 amide bonds. The lowest BCUT2D eigenvalue weighted by atomic mass is 9.88. The van der Waals surface area contributed by atoms with Crippen LogP contribution in [-0.2, 0) is 0 Å². The van der Waals surface area contributed by atoms with E-state index in [0.717, 1.165) is 19.1 Å². The summed E-state index contributed by atoms with van der Waals surface area (Å²) >= 11 is 0. The van der Waals surface area contributed by atoms with E-state index in [1.54, 1.807) is 0 Å². The van der Waals surface area contributed by atoms with Gasteiger partial charge in [0.25, 0.3) is 0 Å². The van der Waals surface area contributed by atoms with Gasteiger partial charge in [-0.2, -0.15) is 0 Å². The van der Waals surface area contributed by atoms with Crippen LogP contribution in [0.25, 0.3) is 0 Å². The monoisotopic (exact) mass is 245 g/mol. The van der Waals surface area contributed by atoms with E-state index in [1.165, 1.54) is 31.5 Å². The Hall–Kier alpha value is -1.26. The molecule has 0 unspecified atom stereocenters. The number of hydrogen-bond donors (Lipinski definition) is 1. The minimum atomic E-state index is 0.522. The fourth-order valence-electron chi connectivity index (χ4n) is 3.00. The SMILES string of the molecule is O=Nc1ccc(C2CN(C3CCNCC3)C2)cc1. The summed E-state index contributed by atoms with van der Waals surface area (Å²) in [6, 6.07) is 8.49. The summed E-state index contributed by atoms with van der Waals surface area (Å²) in [7, 11) is 0. The zero-order valence-electron chi connectivity index (χ0n) is 10.5. The van der Waals surface area contributed by atoms with Gasteiger partial charge >= 0.3 is 0 Å². The molecule has 4 nitrogen and oxygen atoms in total. The minimum absolute atomic E-state index is 0.522. The van der Waals surface area contributed by atoms with E-state index >= 15 is 0 Å². The Balaban J connectivity index is 1.55. The summed E-state index contributed by atoms with van der Waals surface area (Å²) in [6.07, 6.45) is 2.56. The highest BCUT2D eigenvalue weighted by molar-refractivity contribution is 5.40. The zero-order valence-corrected chi connectivity index (χ0v) is 10.5. The molecule has 18 heavy (non-hydrogen) atoms. The lowest BCUT2D eigenvalue weighted by Gasteiger charge is -2.46. The molecule has 2 saturated heterocycles. The quantitative estimate of drug-likeness (QED) is 0.831. The molecule has 2 heterocycles. The van der Waals surface area contributed by atoms with Crippen molar-refractivity contribution in [3.8, 4) is 0 Å². The minimum Gasteiger partial charge on any atom is -0.317 e. The van der Waals surface area contributed by atoms with Crippen molar-refractivity contribution in [3.63, 3.8) is 0 Å². The predicted molar refractivity (Wildman–Crippen MR) is 72.1 cm³/mol. The molecule has 0 spiro atoms. The molecule has 1 aromatic carbocycles. The Morgan fingerprint density at radius 3 is 2.39 bits per heavy atom. The van der Waals surface area contributed by atoms with Crippen LogP contribution in [0.3, 0.4) is 0 Å². The van der Waals surface area contributed by atoms with Crippen molar-refractivity contribution >= 4 is 5.69 Å². The Kier molecular flexibility index (Phi) is 3.39. The number of piperidine rings is 1. The topological polar surface area (TPSA) is 44.7 Å². The molecular formula is C14H19N3O. The summed E-state index contributed by atoms with van der Waals surface area (Å²) in [6.45, 7) is 4.65. The number of rotatable bonds is 3. The summed E-state index contributed by atoms with van der Waals surface area (Å²) in [5.41, 5.74) is 1.86. The lowest BCUT2D eigenvalue weighted by molar-refractivity contribution is 0.0729. The molecule has 0 atom stereocenters. The van der Waals surface area contributed by atoms with E-state index in [1.807, 2.05) is 24.3 Å². The molecule has 0 saturated carbocycles. The van der Waals surface area contributed by atoms with Gasteiger partial charge in [-0.15, -0.1) is 4.91 Å². The van der Waals surface area contributed by atoms with Gasteiger partial charge in [-0.3, -0.25) is 4.90 Å². The van der Waals surface area contributed by atoms with Crippen LogP contribution in [0.2, 0.25) is 0 Å². The number of nitrogens with one attached hydrogen (secondary N) is 1.